The van der Waals surface area contributed by atoms with Gasteiger partial charge in [0, 0.05) is 0 Å². The molecule has 2 atom stereocenters. The highest BCUT2D eigenvalue weighted by Crippen LogP contribution is 2.19. The summed E-state index contributed by atoms with van der Waals surface area (Å²) in [6, 6.07) is 0. The maximum atomic E-state index is 10.6. The Morgan fingerprint density at radius 1 is 1.73 bits per heavy atom. The Labute approximate surface area is 67.9 Å². The van der Waals surface area contributed by atoms with Crippen molar-refractivity contribution in [1.82, 2.24) is 0 Å². The molecule has 1 N–H and O–H groups in total. The van der Waals surface area contributed by atoms with Crippen molar-refractivity contribution in [2.24, 2.45) is 11.8 Å². The fourth-order valence-corrected chi connectivity index (χ4v) is 1.25. The number of hydrogen-bond acceptors (Lipinski definition) is 1. The highest BCUT2D eigenvalue weighted by atomic mass is 16.4. The number of rotatable bonds is 5. The third kappa shape index (κ3) is 3.21. The lowest BCUT2D eigenvalue weighted by atomic mass is 9.89. The van der Waals surface area contributed by atoms with Gasteiger partial charge >= 0.3 is 5.97 Å². The summed E-state index contributed by atoms with van der Waals surface area (Å²) in [7, 11) is 0. The molecule has 0 saturated carbocycles. The van der Waals surface area contributed by atoms with Crippen LogP contribution >= 0.6 is 0 Å². The van der Waals surface area contributed by atoms with E-state index in [1.165, 1.54) is 0 Å². The van der Waals surface area contributed by atoms with Crippen molar-refractivity contribution in [3.05, 3.63) is 12.7 Å². The van der Waals surface area contributed by atoms with Crippen LogP contribution in [0.25, 0.3) is 0 Å². The van der Waals surface area contributed by atoms with E-state index in [1.807, 2.05) is 13.8 Å². The molecule has 0 spiro atoms. The number of hydrogen-bond donors (Lipinski definition) is 1. The van der Waals surface area contributed by atoms with E-state index in [1.54, 1.807) is 6.08 Å². The molecule has 2 heteroatoms. The molecule has 0 aromatic rings. The van der Waals surface area contributed by atoms with Crippen LogP contribution in [0.5, 0.6) is 0 Å². The quantitative estimate of drug-likeness (QED) is 0.620. The largest absolute Gasteiger partial charge is 0.481 e. The van der Waals surface area contributed by atoms with Crippen LogP contribution in [0.1, 0.15) is 26.7 Å². The Hall–Kier alpha value is -0.790. The first kappa shape index (κ1) is 10.2. The standard InChI is InChI=1S/C9H16O2/c1-4-6-7(3)8(5-2)9(10)11/h4,7-8H,1,5-6H2,2-3H3,(H,10,11). The molecule has 11 heavy (non-hydrogen) atoms. The minimum absolute atomic E-state index is 0.204. The van der Waals surface area contributed by atoms with Gasteiger partial charge in [0.05, 0.1) is 5.92 Å². The highest BCUT2D eigenvalue weighted by Gasteiger charge is 2.20. The summed E-state index contributed by atoms with van der Waals surface area (Å²) in [6.07, 6.45) is 3.26. The van der Waals surface area contributed by atoms with Gasteiger partial charge in [-0.1, -0.05) is 19.9 Å². The van der Waals surface area contributed by atoms with Crippen LogP contribution in [-0.4, -0.2) is 11.1 Å². The second-order valence-electron chi connectivity index (χ2n) is 2.85. The Balaban J connectivity index is 4.01. The van der Waals surface area contributed by atoms with Crippen molar-refractivity contribution in [3.8, 4) is 0 Å². The van der Waals surface area contributed by atoms with Crippen molar-refractivity contribution in [3.63, 3.8) is 0 Å². The average molecular weight is 156 g/mol. The highest BCUT2D eigenvalue weighted by molar-refractivity contribution is 5.70. The molecule has 0 fully saturated rings. The minimum atomic E-state index is -0.693. The van der Waals surface area contributed by atoms with Gasteiger partial charge in [-0.3, -0.25) is 4.79 Å². The Bertz CT molecular complexity index is 140. The lowest BCUT2D eigenvalue weighted by Gasteiger charge is -2.16. The molecule has 0 aromatic carbocycles. The van der Waals surface area contributed by atoms with Crippen molar-refractivity contribution < 1.29 is 9.90 Å². The Morgan fingerprint density at radius 3 is 2.55 bits per heavy atom. The van der Waals surface area contributed by atoms with E-state index in [4.69, 9.17) is 5.11 Å². The first-order valence-electron chi connectivity index (χ1n) is 3.97. The van der Waals surface area contributed by atoms with Crippen LogP contribution in [0.15, 0.2) is 12.7 Å². The number of carbonyl (C=O) groups is 1. The van der Waals surface area contributed by atoms with Gasteiger partial charge < -0.3 is 5.11 Å². The van der Waals surface area contributed by atoms with Gasteiger partial charge in [-0.15, -0.1) is 6.58 Å². The summed E-state index contributed by atoms with van der Waals surface area (Å²) in [5, 5.41) is 8.74. The zero-order valence-electron chi connectivity index (χ0n) is 7.21. The smallest absolute Gasteiger partial charge is 0.306 e. The van der Waals surface area contributed by atoms with Gasteiger partial charge in [-0.2, -0.15) is 0 Å². The van der Waals surface area contributed by atoms with Crippen molar-refractivity contribution in [2.75, 3.05) is 0 Å². The zero-order chi connectivity index (χ0) is 8.85. The molecule has 2 nitrogen and oxygen atoms in total. The van der Waals surface area contributed by atoms with E-state index in [0.29, 0.717) is 6.42 Å². The molecule has 0 heterocycles. The van der Waals surface area contributed by atoms with Crippen LogP contribution < -0.4 is 0 Å². The van der Waals surface area contributed by atoms with Crippen LogP contribution in [0, 0.1) is 11.8 Å². The van der Waals surface area contributed by atoms with Gasteiger partial charge in [0.25, 0.3) is 0 Å². The summed E-state index contributed by atoms with van der Waals surface area (Å²) < 4.78 is 0. The summed E-state index contributed by atoms with van der Waals surface area (Å²) >= 11 is 0. The lowest BCUT2D eigenvalue weighted by molar-refractivity contribution is -0.143. The van der Waals surface area contributed by atoms with Gasteiger partial charge in [-0.25, -0.2) is 0 Å². The SMILES string of the molecule is C=CCC(C)C(CC)C(=O)O. The van der Waals surface area contributed by atoms with Crippen LogP contribution in [0.3, 0.4) is 0 Å². The van der Waals surface area contributed by atoms with Gasteiger partial charge in [0.1, 0.15) is 0 Å². The summed E-state index contributed by atoms with van der Waals surface area (Å²) in [5.74, 6) is -0.704. The molecule has 0 aliphatic carbocycles. The first-order chi connectivity index (χ1) is 5.13. The minimum Gasteiger partial charge on any atom is -0.481 e. The maximum absolute atomic E-state index is 10.6. The summed E-state index contributed by atoms with van der Waals surface area (Å²) in [6.45, 7) is 7.43. The molecule has 0 amide bonds. The molecule has 0 radical (unpaired) electrons. The number of allylic oxidation sites excluding steroid dienone is 1. The Morgan fingerprint density at radius 2 is 2.27 bits per heavy atom. The lowest BCUT2D eigenvalue weighted by Crippen LogP contribution is -2.20. The third-order valence-electron chi connectivity index (χ3n) is 1.98. The predicted molar refractivity (Wildman–Crippen MR) is 45.4 cm³/mol. The Kier molecular flexibility index (Phi) is 4.59. The number of aliphatic carboxylic acids is 1. The maximum Gasteiger partial charge on any atom is 0.306 e. The van der Waals surface area contributed by atoms with Gasteiger partial charge in [-0.05, 0) is 18.8 Å². The van der Waals surface area contributed by atoms with Crippen LogP contribution in [0.4, 0.5) is 0 Å². The third-order valence-corrected chi connectivity index (χ3v) is 1.98. The number of carboxylic acid groups (broad SMARTS) is 1. The van der Waals surface area contributed by atoms with E-state index < -0.39 is 5.97 Å². The van der Waals surface area contributed by atoms with E-state index >= 15 is 0 Å². The van der Waals surface area contributed by atoms with Crippen LogP contribution in [-0.2, 0) is 4.79 Å². The molecule has 0 aromatic heterocycles. The molecular weight excluding hydrogens is 140 g/mol. The summed E-state index contributed by atoms with van der Waals surface area (Å²) in [5.41, 5.74) is 0. The predicted octanol–water partition coefficient (Wildman–Crippen LogP) is 2.31. The zero-order valence-corrected chi connectivity index (χ0v) is 7.21. The van der Waals surface area contributed by atoms with E-state index in [0.717, 1.165) is 6.42 Å². The van der Waals surface area contributed by atoms with Crippen molar-refractivity contribution >= 4 is 5.97 Å². The summed E-state index contributed by atoms with van der Waals surface area (Å²) in [4.78, 5) is 10.6. The van der Waals surface area contributed by atoms with Gasteiger partial charge in [0.15, 0.2) is 0 Å². The molecule has 0 aliphatic heterocycles. The monoisotopic (exact) mass is 156 g/mol. The van der Waals surface area contributed by atoms with Crippen LogP contribution in [0.2, 0.25) is 0 Å². The molecule has 0 aliphatic rings. The molecular formula is C9H16O2. The van der Waals surface area contributed by atoms with Crippen molar-refractivity contribution in [1.29, 1.82) is 0 Å². The number of carboxylic acids is 1. The molecule has 0 rings (SSSR count). The molecule has 0 bridgehead atoms. The molecule has 2 unspecified atom stereocenters. The molecule has 64 valence electrons. The first-order valence-corrected chi connectivity index (χ1v) is 3.97. The van der Waals surface area contributed by atoms with E-state index in [2.05, 4.69) is 6.58 Å². The second kappa shape index (κ2) is 4.94. The van der Waals surface area contributed by atoms with Crippen molar-refractivity contribution in [2.45, 2.75) is 26.7 Å². The fraction of sp³-hybridized carbons (Fsp3) is 0.667. The second-order valence-corrected chi connectivity index (χ2v) is 2.85. The normalized spacial score (nSPS) is 15.5. The fourth-order valence-electron chi connectivity index (χ4n) is 1.25. The average Bonchev–Trinajstić information content (AvgIpc) is 1.88. The van der Waals surface area contributed by atoms with E-state index in [9.17, 15) is 4.79 Å². The van der Waals surface area contributed by atoms with E-state index in [-0.39, 0.29) is 11.8 Å². The van der Waals surface area contributed by atoms with Gasteiger partial charge in [0.2, 0.25) is 0 Å². The molecule has 0 saturated heterocycles. The topological polar surface area (TPSA) is 37.3 Å².